The lowest BCUT2D eigenvalue weighted by molar-refractivity contribution is 0.315. The van der Waals surface area contributed by atoms with Gasteiger partial charge in [0.25, 0.3) is 0 Å². The second kappa shape index (κ2) is 7.83. The van der Waals surface area contributed by atoms with Crippen LogP contribution < -0.4 is 5.32 Å². The Morgan fingerprint density at radius 3 is 2.30 bits per heavy atom. The van der Waals surface area contributed by atoms with Gasteiger partial charge >= 0.3 is 0 Å². The molecule has 2 rings (SSSR count). The molecule has 1 aliphatic rings. The third kappa shape index (κ3) is 4.63. The van der Waals surface area contributed by atoms with Crippen molar-refractivity contribution in [3.63, 3.8) is 0 Å². The molecular weight excluding hydrogens is 242 g/mol. The molecule has 1 fully saturated rings. The van der Waals surface area contributed by atoms with Gasteiger partial charge in [-0.2, -0.15) is 0 Å². The maximum absolute atomic E-state index is 3.69. The number of rotatable bonds is 6. The Morgan fingerprint density at radius 1 is 1.05 bits per heavy atom. The molecule has 1 atom stereocenters. The highest BCUT2D eigenvalue weighted by Crippen LogP contribution is 2.30. The number of nitrogens with one attached hydrogen (secondary N) is 1. The first-order valence-electron chi connectivity index (χ1n) is 8.50. The van der Waals surface area contributed by atoms with Crippen molar-refractivity contribution in [1.29, 1.82) is 0 Å². The molecule has 20 heavy (non-hydrogen) atoms. The Morgan fingerprint density at radius 2 is 1.70 bits per heavy atom. The Kier molecular flexibility index (Phi) is 6.09. The smallest absolute Gasteiger partial charge is 0.0320 e. The SMILES string of the molecule is CCNC(CCC1CCCCC1)c1cc(C)cc(C)c1. The van der Waals surface area contributed by atoms with Gasteiger partial charge in [0.2, 0.25) is 0 Å². The second-order valence-electron chi connectivity index (χ2n) is 6.61. The van der Waals surface area contributed by atoms with E-state index in [2.05, 4.69) is 44.3 Å². The van der Waals surface area contributed by atoms with Crippen LogP contribution in [0.1, 0.15) is 74.6 Å². The van der Waals surface area contributed by atoms with E-state index >= 15 is 0 Å². The van der Waals surface area contributed by atoms with Crippen LogP contribution in [0, 0.1) is 19.8 Å². The minimum absolute atomic E-state index is 0.542. The molecule has 1 nitrogen and oxygen atoms in total. The van der Waals surface area contributed by atoms with E-state index in [1.54, 1.807) is 0 Å². The standard InChI is InChI=1S/C19H31N/c1-4-20-19(11-10-17-8-6-5-7-9-17)18-13-15(2)12-16(3)14-18/h12-14,17,19-20H,4-11H2,1-3H3. The van der Waals surface area contributed by atoms with Gasteiger partial charge < -0.3 is 5.32 Å². The Labute approximate surface area is 125 Å². The van der Waals surface area contributed by atoms with Gasteiger partial charge in [0.05, 0.1) is 0 Å². The molecule has 0 heterocycles. The van der Waals surface area contributed by atoms with Crippen LogP contribution in [0.5, 0.6) is 0 Å². The van der Waals surface area contributed by atoms with Gasteiger partial charge in [-0.25, -0.2) is 0 Å². The summed E-state index contributed by atoms with van der Waals surface area (Å²) in [7, 11) is 0. The van der Waals surface area contributed by atoms with Gasteiger partial charge in [-0.1, -0.05) is 68.4 Å². The highest BCUT2D eigenvalue weighted by Gasteiger charge is 2.17. The van der Waals surface area contributed by atoms with Crippen molar-refractivity contribution in [3.05, 3.63) is 34.9 Å². The minimum atomic E-state index is 0.542. The molecule has 1 aliphatic carbocycles. The molecule has 0 radical (unpaired) electrons. The topological polar surface area (TPSA) is 12.0 Å². The van der Waals surface area contributed by atoms with Crippen molar-refractivity contribution >= 4 is 0 Å². The summed E-state index contributed by atoms with van der Waals surface area (Å²) in [6.45, 7) is 7.69. The Balaban J connectivity index is 1.98. The summed E-state index contributed by atoms with van der Waals surface area (Å²) in [6, 6.07) is 7.54. The fourth-order valence-electron chi connectivity index (χ4n) is 3.72. The minimum Gasteiger partial charge on any atom is -0.310 e. The van der Waals surface area contributed by atoms with Gasteiger partial charge in [-0.05, 0) is 44.7 Å². The fraction of sp³-hybridized carbons (Fsp3) is 0.684. The van der Waals surface area contributed by atoms with Crippen LogP contribution in [0.2, 0.25) is 0 Å². The lowest BCUT2D eigenvalue weighted by atomic mass is 9.84. The summed E-state index contributed by atoms with van der Waals surface area (Å²) in [5.41, 5.74) is 4.27. The van der Waals surface area contributed by atoms with Gasteiger partial charge in [0.1, 0.15) is 0 Å². The van der Waals surface area contributed by atoms with Crippen molar-refractivity contribution < 1.29 is 0 Å². The number of hydrogen-bond donors (Lipinski definition) is 1. The van der Waals surface area contributed by atoms with E-state index in [1.165, 1.54) is 61.6 Å². The van der Waals surface area contributed by atoms with Gasteiger partial charge in [0, 0.05) is 6.04 Å². The zero-order chi connectivity index (χ0) is 14.4. The fourth-order valence-corrected chi connectivity index (χ4v) is 3.72. The van der Waals surface area contributed by atoms with Crippen molar-refractivity contribution in [1.82, 2.24) is 5.32 Å². The number of aryl methyl sites for hydroxylation is 2. The van der Waals surface area contributed by atoms with Crippen LogP contribution in [0.25, 0.3) is 0 Å². The normalized spacial score (nSPS) is 18.1. The molecule has 0 aromatic heterocycles. The highest BCUT2D eigenvalue weighted by molar-refractivity contribution is 5.30. The molecule has 0 saturated heterocycles. The predicted octanol–water partition coefficient (Wildman–Crippen LogP) is 5.31. The zero-order valence-corrected chi connectivity index (χ0v) is 13.5. The van der Waals surface area contributed by atoms with Crippen LogP contribution >= 0.6 is 0 Å². The van der Waals surface area contributed by atoms with E-state index in [-0.39, 0.29) is 0 Å². The molecule has 0 aliphatic heterocycles. The van der Waals surface area contributed by atoms with E-state index in [0.29, 0.717) is 6.04 Å². The van der Waals surface area contributed by atoms with Crippen LogP contribution in [-0.4, -0.2) is 6.54 Å². The summed E-state index contributed by atoms with van der Waals surface area (Å²) >= 11 is 0. The molecule has 0 bridgehead atoms. The summed E-state index contributed by atoms with van der Waals surface area (Å²) in [5.74, 6) is 0.982. The lowest BCUT2D eigenvalue weighted by Crippen LogP contribution is -2.22. The van der Waals surface area contributed by atoms with E-state index in [1.807, 2.05) is 0 Å². The summed E-state index contributed by atoms with van der Waals surface area (Å²) in [6.07, 6.45) is 9.99. The first-order chi connectivity index (χ1) is 9.69. The number of benzene rings is 1. The maximum atomic E-state index is 3.69. The lowest BCUT2D eigenvalue weighted by Gasteiger charge is -2.25. The first kappa shape index (κ1) is 15.6. The van der Waals surface area contributed by atoms with Crippen molar-refractivity contribution in [2.24, 2.45) is 5.92 Å². The van der Waals surface area contributed by atoms with Crippen LogP contribution in [0.15, 0.2) is 18.2 Å². The predicted molar refractivity (Wildman–Crippen MR) is 88.1 cm³/mol. The highest BCUT2D eigenvalue weighted by atomic mass is 14.9. The molecule has 1 unspecified atom stereocenters. The Bertz CT molecular complexity index is 384. The summed E-state index contributed by atoms with van der Waals surface area (Å²) < 4.78 is 0. The van der Waals surface area contributed by atoms with Crippen molar-refractivity contribution in [2.75, 3.05) is 6.54 Å². The average molecular weight is 273 g/mol. The van der Waals surface area contributed by atoms with E-state index < -0.39 is 0 Å². The molecular formula is C19H31N. The zero-order valence-electron chi connectivity index (χ0n) is 13.5. The summed E-state index contributed by atoms with van der Waals surface area (Å²) in [4.78, 5) is 0. The van der Waals surface area contributed by atoms with Crippen LogP contribution in [0.4, 0.5) is 0 Å². The molecule has 0 spiro atoms. The van der Waals surface area contributed by atoms with E-state index in [4.69, 9.17) is 0 Å². The molecule has 1 aromatic carbocycles. The molecule has 1 aromatic rings. The van der Waals surface area contributed by atoms with Crippen LogP contribution in [-0.2, 0) is 0 Å². The third-order valence-corrected chi connectivity index (χ3v) is 4.69. The quantitative estimate of drug-likeness (QED) is 0.740. The monoisotopic (exact) mass is 273 g/mol. The molecule has 112 valence electrons. The van der Waals surface area contributed by atoms with E-state index in [9.17, 15) is 0 Å². The van der Waals surface area contributed by atoms with Crippen molar-refractivity contribution in [3.8, 4) is 0 Å². The molecule has 0 amide bonds. The first-order valence-corrected chi connectivity index (χ1v) is 8.50. The largest absolute Gasteiger partial charge is 0.310 e. The number of hydrogen-bond acceptors (Lipinski definition) is 1. The van der Waals surface area contributed by atoms with Crippen molar-refractivity contribution in [2.45, 2.75) is 71.8 Å². The van der Waals surface area contributed by atoms with E-state index in [0.717, 1.165) is 12.5 Å². The second-order valence-corrected chi connectivity index (χ2v) is 6.61. The van der Waals surface area contributed by atoms with Gasteiger partial charge in [0.15, 0.2) is 0 Å². The summed E-state index contributed by atoms with van der Waals surface area (Å²) in [5, 5.41) is 3.69. The maximum Gasteiger partial charge on any atom is 0.0320 e. The Hall–Kier alpha value is -0.820. The third-order valence-electron chi connectivity index (χ3n) is 4.69. The molecule has 1 saturated carbocycles. The molecule has 1 N–H and O–H groups in total. The van der Waals surface area contributed by atoms with Gasteiger partial charge in [-0.3, -0.25) is 0 Å². The van der Waals surface area contributed by atoms with Gasteiger partial charge in [-0.15, -0.1) is 0 Å². The van der Waals surface area contributed by atoms with Crippen LogP contribution in [0.3, 0.4) is 0 Å². The average Bonchev–Trinajstić information content (AvgIpc) is 2.43. The molecule has 1 heteroatoms.